The number of amides is 1. The highest BCUT2D eigenvalue weighted by atomic mass is 35.5. The summed E-state index contributed by atoms with van der Waals surface area (Å²) in [6, 6.07) is 4.03. The SMILES string of the molecule is COc1ccc(Cl)cc1S(=O)(=O)N(CC(=O)N1CCNCC1)C(C)C.O=C(O)C(F)(F)F. The summed E-state index contributed by atoms with van der Waals surface area (Å²) in [5.41, 5.74) is 0. The molecule has 1 aromatic rings. The molecule has 0 spiro atoms. The van der Waals surface area contributed by atoms with E-state index in [0.717, 1.165) is 0 Å². The average Bonchev–Trinajstić information content (AvgIpc) is 2.71. The number of aliphatic carboxylic acids is 1. The van der Waals surface area contributed by atoms with Gasteiger partial charge in [0.05, 0.1) is 13.7 Å². The Morgan fingerprint density at radius 3 is 2.25 bits per heavy atom. The molecule has 0 radical (unpaired) electrons. The maximum atomic E-state index is 13.1. The highest BCUT2D eigenvalue weighted by molar-refractivity contribution is 7.89. The Balaban J connectivity index is 0.000000633. The number of hydrogen-bond donors (Lipinski definition) is 2. The van der Waals surface area contributed by atoms with Gasteiger partial charge in [0, 0.05) is 37.2 Å². The Morgan fingerprint density at radius 2 is 1.81 bits per heavy atom. The molecule has 1 aliphatic rings. The normalized spacial score (nSPS) is 14.7. The lowest BCUT2D eigenvalue weighted by Crippen LogP contribution is -2.51. The number of carbonyl (C=O) groups is 2. The van der Waals surface area contributed by atoms with Gasteiger partial charge in [-0.25, -0.2) is 13.2 Å². The number of ether oxygens (including phenoxy) is 1. The molecule has 1 saturated heterocycles. The van der Waals surface area contributed by atoms with E-state index in [-0.39, 0.29) is 34.2 Å². The van der Waals surface area contributed by atoms with Gasteiger partial charge in [-0.1, -0.05) is 11.6 Å². The number of piperazine rings is 1. The van der Waals surface area contributed by atoms with Crippen LogP contribution in [0.15, 0.2) is 23.1 Å². The predicted octanol–water partition coefficient (Wildman–Crippen LogP) is 1.81. The van der Waals surface area contributed by atoms with Crippen molar-refractivity contribution in [1.82, 2.24) is 14.5 Å². The monoisotopic (exact) mass is 503 g/mol. The standard InChI is InChI=1S/C16H24ClN3O4S.C2HF3O2/c1-12(2)20(11-16(21)19-8-6-18-7-9-19)25(22,23)15-10-13(17)4-5-14(15)24-3;3-2(4,5)1(6)7/h4-5,10,12,18H,6-9,11H2,1-3H3;(H,6,7). The Bertz CT molecular complexity index is 906. The fourth-order valence-corrected chi connectivity index (χ4v) is 4.68. The fourth-order valence-electron chi connectivity index (χ4n) is 2.67. The third-order valence-corrected chi connectivity index (χ3v) is 6.57. The first-order valence-corrected chi connectivity index (χ1v) is 11.2. The predicted molar refractivity (Wildman–Crippen MR) is 110 cm³/mol. The van der Waals surface area contributed by atoms with Crippen molar-refractivity contribution in [2.45, 2.75) is 31.0 Å². The van der Waals surface area contributed by atoms with Crippen LogP contribution in [0, 0.1) is 0 Å². The number of carbonyl (C=O) groups excluding carboxylic acids is 1. The van der Waals surface area contributed by atoms with Crippen LogP contribution < -0.4 is 10.1 Å². The van der Waals surface area contributed by atoms with Gasteiger partial charge in [-0.2, -0.15) is 17.5 Å². The van der Waals surface area contributed by atoms with E-state index >= 15 is 0 Å². The summed E-state index contributed by atoms with van der Waals surface area (Å²) in [4.78, 5) is 23.1. The van der Waals surface area contributed by atoms with E-state index in [1.165, 1.54) is 23.5 Å². The number of benzene rings is 1. The van der Waals surface area contributed by atoms with Crippen LogP contribution in [-0.2, 0) is 19.6 Å². The molecule has 1 aromatic carbocycles. The van der Waals surface area contributed by atoms with Crippen molar-refractivity contribution in [3.63, 3.8) is 0 Å². The van der Waals surface area contributed by atoms with Crippen molar-refractivity contribution in [2.24, 2.45) is 0 Å². The van der Waals surface area contributed by atoms with E-state index in [9.17, 15) is 26.4 Å². The number of carboxylic acids is 1. The van der Waals surface area contributed by atoms with Crippen molar-refractivity contribution >= 4 is 33.5 Å². The molecule has 14 heteroatoms. The summed E-state index contributed by atoms with van der Waals surface area (Å²) in [7, 11) is -2.54. The molecule has 0 saturated carbocycles. The second-order valence-corrected chi connectivity index (χ2v) is 9.17. The number of alkyl halides is 3. The van der Waals surface area contributed by atoms with E-state index in [1.54, 1.807) is 24.8 Å². The molecule has 1 fully saturated rings. The Hall–Kier alpha value is -2.09. The van der Waals surface area contributed by atoms with Gasteiger partial charge in [0.15, 0.2) is 0 Å². The number of hydrogen-bond acceptors (Lipinski definition) is 6. The molecule has 9 nitrogen and oxygen atoms in total. The first kappa shape index (κ1) is 27.9. The number of rotatable bonds is 6. The minimum atomic E-state index is -5.08. The molecule has 0 aliphatic carbocycles. The zero-order valence-corrected chi connectivity index (χ0v) is 19.2. The van der Waals surface area contributed by atoms with Gasteiger partial charge in [0.1, 0.15) is 10.6 Å². The topological polar surface area (TPSA) is 116 Å². The van der Waals surface area contributed by atoms with E-state index in [0.29, 0.717) is 26.2 Å². The maximum absolute atomic E-state index is 13.1. The van der Waals surface area contributed by atoms with E-state index in [2.05, 4.69) is 5.32 Å². The van der Waals surface area contributed by atoms with Crippen molar-refractivity contribution in [3.8, 4) is 5.75 Å². The minimum Gasteiger partial charge on any atom is -0.495 e. The number of halogens is 4. The van der Waals surface area contributed by atoms with Crippen LogP contribution in [0.3, 0.4) is 0 Å². The molecule has 2 N–H and O–H groups in total. The Labute approximate surface area is 189 Å². The third kappa shape index (κ3) is 7.80. The van der Waals surface area contributed by atoms with Gasteiger partial charge in [-0.05, 0) is 32.0 Å². The van der Waals surface area contributed by atoms with E-state index in [1.807, 2.05) is 0 Å². The van der Waals surface area contributed by atoms with Gasteiger partial charge < -0.3 is 20.1 Å². The van der Waals surface area contributed by atoms with Crippen LogP contribution in [0.1, 0.15) is 13.8 Å². The number of sulfonamides is 1. The molecule has 0 aromatic heterocycles. The molecule has 2 rings (SSSR count). The van der Waals surface area contributed by atoms with Gasteiger partial charge in [0.2, 0.25) is 15.9 Å². The number of methoxy groups -OCH3 is 1. The summed E-state index contributed by atoms with van der Waals surface area (Å²) in [6.45, 7) is 5.83. The second kappa shape index (κ2) is 11.7. The zero-order chi connectivity index (χ0) is 24.7. The van der Waals surface area contributed by atoms with Gasteiger partial charge in [0.25, 0.3) is 0 Å². The fraction of sp³-hybridized carbons (Fsp3) is 0.556. The summed E-state index contributed by atoms with van der Waals surface area (Å²) < 4.78 is 64.3. The van der Waals surface area contributed by atoms with Crippen LogP contribution in [0.25, 0.3) is 0 Å². The quantitative estimate of drug-likeness (QED) is 0.608. The lowest BCUT2D eigenvalue weighted by Gasteiger charge is -2.31. The molecule has 0 bridgehead atoms. The van der Waals surface area contributed by atoms with Gasteiger partial charge in [-0.3, -0.25) is 4.79 Å². The number of nitrogens with one attached hydrogen (secondary N) is 1. The molecular formula is C18H25ClF3N3O6S. The van der Waals surface area contributed by atoms with Crippen LogP contribution in [0.5, 0.6) is 5.75 Å². The highest BCUT2D eigenvalue weighted by Crippen LogP contribution is 2.30. The van der Waals surface area contributed by atoms with Crippen LogP contribution in [0.2, 0.25) is 5.02 Å². The minimum absolute atomic E-state index is 0.0377. The summed E-state index contributed by atoms with van der Waals surface area (Å²) in [5, 5.41) is 10.6. The molecule has 182 valence electrons. The molecule has 1 aliphatic heterocycles. The van der Waals surface area contributed by atoms with Crippen LogP contribution >= 0.6 is 11.6 Å². The summed E-state index contributed by atoms with van der Waals surface area (Å²) >= 11 is 5.97. The van der Waals surface area contributed by atoms with Crippen molar-refractivity contribution < 1.29 is 41.0 Å². The van der Waals surface area contributed by atoms with Crippen molar-refractivity contribution in [2.75, 3.05) is 39.8 Å². The highest BCUT2D eigenvalue weighted by Gasteiger charge is 2.38. The largest absolute Gasteiger partial charge is 0.495 e. The lowest BCUT2D eigenvalue weighted by atomic mass is 10.3. The molecule has 0 unspecified atom stereocenters. The van der Waals surface area contributed by atoms with Crippen LogP contribution in [-0.4, -0.2) is 86.7 Å². The Kier molecular flexibility index (Phi) is 10.2. The first-order valence-electron chi connectivity index (χ1n) is 9.35. The summed E-state index contributed by atoms with van der Waals surface area (Å²) in [6.07, 6.45) is -5.08. The lowest BCUT2D eigenvalue weighted by molar-refractivity contribution is -0.192. The molecule has 32 heavy (non-hydrogen) atoms. The third-order valence-electron chi connectivity index (χ3n) is 4.29. The summed E-state index contributed by atoms with van der Waals surface area (Å²) in [5.74, 6) is -2.77. The average molecular weight is 504 g/mol. The van der Waals surface area contributed by atoms with Crippen molar-refractivity contribution in [1.29, 1.82) is 0 Å². The van der Waals surface area contributed by atoms with Crippen LogP contribution in [0.4, 0.5) is 13.2 Å². The molecule has 1 amide bonds. The number of carboxylic acid groups (broad SMARTS) is 1. The van der Waals surface area contributed by atoms with Gasteiger partial charge in [-0.15, -0.1) is 0 Å². The number of nitrogens with zero attached hydrogens (tertiary/aromatic N) is 2. The van der Waals surface area contributed by atoms with E-state index in [4.69, 9.17) is 26.2 Å². The molecule has 1 heterocycles. The molecular weight excluding hydrogens is 479 g/mol. The Morgan fingerprint density at radius 1 is 1.28 bits per heavy atom. The smallest absolute Gasteiger partial charge is 0.490 e. The maximum Gasteiger partial charge on any atom is 0.490 e. The van der Waals surface area contributed by atoms with Crippen molar-refractivity contribution in [3.05, 3.63) is 23.2 Å². The second-order valence-electron chi connectivity index (χ2n) is 6.87. The van der Waals surface area contributed by atoms with E-state index < -0.39 is 22.2 Å². The molecule has 0 atom stereocenters. The van der Waals surface area contributed by atoms with Gasteiger partial charge >= 0.3 is 12.1 Å². The first-order chi connectivity index (χ1) is 14.7. The zero-order valence-electron chi connectivity index (χ0n) is 17.6.